The molecule has 23 heavy (non-hydrogen) atoms. The third-order valence-electron chi connectivity index (χ3n) is 3.24. The van der Waals surface area contributed by atoms with E-state index in [0.29, 0.717) is 12.5 Å². The van der Waals surface area contributed by atoms with Crippen LogP contribution < -0.4 is 10.6 Å². The van der Waals surface area contributed by atoms with Crippen molar-refractivity contribution in [3.63, 3.8) is 0 Å². The van der Waals surface area contributed by atoms with Crippen molar-refractivity contribution in [2.45, 2.75) is 26.4 Å². The lowest BCUT2D eigenvalue weighted by atomic mass is 10.1. The van der Waals surface area contributed by atoms with Crippen molar-refractivity contribution in [1.82, 2.24) is 9.97 Å². The van der Waals surface area contributed by atoms with Crippen LogP contribution in [0.4, 0.5) is 11.8 Å². The molecule has 0 aliphatic heterocycles. The zero-order chi connectivity index (χ0) is 16.1. The van der Waals surface area contributed by atoms with Gasteiger partial charge in [0.25, 0.3) is 0 Å². The van der Waals surface area contributed by atoms with Crippen LogP contribution in [0.15, 0.2) is 59.2 Å². The Kier molecular flexibility index (Phi) is 4.57. The summed E-state index contributed by atoms with van der Waals surface area (Å²) in [6.07, 6.45) is 1.66. The fourth-order valence-corrected chi connectivity index (χ4v) is 2.21. The van der Waals surface area contributed by atoms with Crippen LogP contribution in [0.1, 0.15) is 19.6 Å². The highest BCUT2D eigenvalue weighted by Crippen LogP contribution is 2.22. The molecular weight excluding hydrogens is 288 g/mol. The molecule has 2 heterocycles. The van der Waals surface area contributed by atoms with Gasteiger partial charge in [0, 0.05) is 17.7 Å². The molecule has 2 N–H and O–H groups in total. The number of benzene rings is 1. The van der Waals surface area contributed by atoms with E-state index in [4.69, 9.17) is 4.42 Å². The second-order valence-corrected chi connectivity index (χ2v) is 5.56. The van der Waals surface area contributed by atoms with Crippen molar-refractivity contribution in [3.05, 3.63) is 60.6 Å². The molecule has 0 bridgehead atoms. The van der Waals surface area contributed by atoms with Crippen molar-refractivity contribution in [1.29, 1.82) is 0 Å². The second-order valence-electron chi connectivity index (χ2n) is 5.56. The Morgan fingerprint density at radius 2 is 1.87 bits per heavy atom. The topological polar surface area (TPSA) is 63.0 Å². The van der Waals surface area contributed by atoms with Crippen molar-refractivity contribution in [2.24, 2.45) is 0 Å². The smallest absolute Gasteiger partial charge is 0.225 e. The summed E-state index contributed by atoms with van der Waals surface area (Å²) >= 11 is 0. The maximum atomic E-state index is 5.34. The number of nitrogens with zero attached hydrogens (tertiary/aromatic N) is 2. The summed E-state index contributed by atoms with van der Waals surface area (Å²) in [6.45, 7) is 4.71. The Hall–Kier alpha value is -2.82. The predicted molar refractivity (Wildman–Crippen MR) is 92.3 cm³/mol. The Morgan fingerprint density at radius 1 is 1.04 bits per heavy atom. The van der Waals surface area contributed by atoms with Crippen LogP contribution in [-0.2, 0) is 6.54 Å². The van der Waals surface area contributed by atoms with E-state index in [1.165, 1.54) is 0 Å². The maximum absolute atomic E-state index is 5.34. The van der Waals surface area contributed by atoms with Crippen molar-refractivity contribution >= 4 is 11.8 Å². The number of rotatable bonds is 6. The first-order valence-electron chi connectivity index (χ1n) is 7.68. The van der Waals surface area contributed by atoms with Gasteiger partial charge in [0.05, 0.1) is 18.5 Å². The molecule has 0 fully saturated rings. The minimum absolute atomic E-state index is 0.263. The zero-order valence-corrected chi connectivity index (χ0v) is 13.3. The minimum atomic E-state index is 0.263. The molecule has 5 heteroatoms. The van der Waals surface area contributed by atoms with Gasteiger partial charge in [0.2, 0.25) is 5.95 Å². The van der Waals surface area contributed by atoms with Crippen LogP contribution in [0.2, 0.25) is 0 Å². The van der Waals surface area contributed by atoms with E-state index in [1.54, 1.807) is 6.26 Å². The standard InChI is InChI=1S/C18H20N4O/c1-13(2)20-18-21-16(14-7-4-3-5-8-14)11-17(22-18)19-12-15-9-6-10-23-15/h3-11,13H,12H2,1-2H3,(H2,19,20,21,22). The van der Waals surface area contributed by atoms with E-state index in [1.807, 2.05) is 48.5 Å². The summed E-state index contributed by atoms with van der Waals surface area (Å²) in [6, 6.07) is 16.1. The summed E-state index contributed by atoms with van der Waals surface area (Å²) < 4.78 is 5.34. The molecule has 0 atom stereocenters. The van der Waals surface area contributed by atoms with Crippen LogP contribution >= 0.6 is 0 Å². The molecule has 118 valence electrons. The molecule has 3 aromatic rings. The normalized spacial score (nSPS) is 10.7. The van der Waals surface area contributed by atoms with E-state index < -0.39 is 0 Å². The second kappa shape index (κ2) is 6.96. The van der Waals surface area contributed by atoms with E-state index in [0.717, 1.165) is 22.8 Å². The van der Waals surface area contributed by atoms with Gasteiger partial charge in [0.1, 0.15) is 11.6 Å². The molecule has 1 aromatic carbocycles. The summed E-state index contributed by atoms with van der Waals surface area (Å²) in [5.41, 5.74) is 1.94. The lowest BCUT2D eigenvalue weighted by Crippen LogP contribution is -2.14. The summed E-state index contributed by atoms with van der Waals surface area (Å²) in [5.74, 6) is 2.24. The molecule has 0 unspecified atom stereocenters. The van der Waals surface area contributed by atoms with Gasteiger partial charge in [0.15, 0.2) is 0 Å². The SMILES string of the molecule is CC(C)Nc1nc(NCc2ccco2)cc(-c2ccccc2)n1. The average Bonchev–Trinajstić information content (AvgIpc) is 3.06. The van der Waals surface area contributed by atoms with Gasteiger partial charge in [-0.25, -0.2) is 4.98 Å². The highest BCUT2D eigenvalue weighted by atomic mass is 16.3. The van der Waals surface area contributed by atoms with Gasteiger partial charge < -0.3 is 15.1 Å². The fraction of sp³-hybridized carbons (Fsp3) is 0.222. The first kappa shape index (κ1) is 15.1. The minimum Gasteiger partial charge on any atom is -0.467 e. The van der Waals surface area contributed by atoms with Gasteiger partial charge in [-0.15, -0.1) is 0 Å². The summed E-state index contributed by atoms with van der Waals surface area (Å²) in [4.78, 5) is 9.13. The molecule has 0 aliphatic carbocycles. The number of furan rings is 1. The van der Waals surface area contributed by atoms with Crippen LogP contribution in [0.25, 0.3) is 11.3 Å². The highest BCUT2D eigenvalue weighted by Gasteiger charge is 2.08. The molecule has 0 saturated heterocycles. The molecule has 0 aliphatic rings. The Bertz CT molecular complexity index is 739. The summed E-state index contributed by atoms with van der Waals surface area (Å²) in [5, 5.41) is 6.55. The number of hydrogen-bond donors (Lipinski definition) is 2. The summed E-state index contributed by atoms with van der Waals surface area (Å²) in [7, 11) is 0. The zero-order valence-electron chi connectivity index (χ0n) is 13.3. The molecule has 0 radical (unpaired) electrons. The largest absolute Gasteiger partial charge is 0.467 e. The van der Waals surface area contributed by atoms with Gasteiger partial charge >= 0.3 is 0 Å². The molecule has 0 saturated carbocycles. The molecule has 5 nitrogen and oxygen atoms in total. The van der Waals surface area contributed by atoms with E-state index in [9.17, 15) is 0 Å². The van der Waals surface area contributed by atoms with E-state index in [-0.39, 0.29) is 6.04 Å². The monoisotopic (exact) mass is 308 g/mol. The number of anilines is 2. The van der Waals surface area contributed by atoms with Gasteiger partial charge in [-0.05, 0) is 26.0 Å². The Labute approximate surface area is 135 Å². The fourth-order valence-electron chi connectivity index (χ4n) is 2.21. The van der Waals surface area contributed by atoms with E-state index >= 15 is 0 Å². The molecule has 0 amide bonds. The Balaban J connectivity index is 1.88. The van der Waals surface area contributed by atoms with Gasteiger partial charge in [-0.2, -0.15) is 4.98 Å². The highest BCUT2D eigenvalue weighted by molar-refractivity contribution is 5.64. The lowest BCUT2D eigenvalue weighted by molar-refractivity contribution is 0.518. The van der Waals surface area contributed by atoms with Crippen LogP contribution in [-0.4, -0.2) is 16.0 Å². The first-order chi connectivity index (χ1) is 11.2. The molecule has 3 rings (SSSR count). The molecular formula is C18H20N4O. The molecule has 2 aromatic heterocycles. The van der Waals surface area contributed by atoms with E-state index in [2.05, 4.69) is 34.4 Å². The number of hydrogen-bond acceptors (Lipinski definition) is 5. The van der Waals surface area contributed by atoms with Crippen molar-refractivity contribution in [3.8, 4) is 11.3 Å². The third kappa shape index (κ3) is 4.10. The van der Waals surface area contributed by atoms with Crippen LogP contribution in [0, 0.1) is 0 Å². The van der Waals surface area contributed by atoms with Crippen LogP contribution in [0.3, 0.4) is 0 Å². The number of aromatic nitrogens is 2. The van der Waals surface area contributed by atoms with Crippen molar-refractivity contribution < 1.29 is 4.42 Å². The predicted octanol–water partition coefficient (Wildman–Crippen LogP) is 4.17. The van der Waals surface area contributed by atoms with Gasteiger partial charge in [-0.1, -0.05) is 30.3 Å². The number of nitrogens with one attached hydrogen (secondary N) is 2. The average molecular weight is 308 g/mol. The maximum Gasteiger partial charge on any atom is 0.225 e. The lowest BCUT2D eigenvalue weighted by Gasteiger charge is -2.12. The van der Waals surface area contributed by atoms with Crippen molar-refractivity contribution in [2.75, 3.05) is 10.6 Å². The molecule has 0 spiro atoms. The Morgan fingerprint density at radius 3 is 2.57 bits per heavy atom. The quantitative estimate of drug-likeness (QED) is 0.715. The first-order valence-corrected chi connectivity index (χ1v) is 7.68. The van der Waals surface area contributed by atoms with Crippen LogP contribution in [0.5, 0.6) is 0 Å². The van der Waals surface area contributed by atoms with Gasteiger partial charge in [-0.3, -0.25) is 0 Å². The third-order valence-corrected chi connectivity index (χ3v) is 3.24.